The van der Waals surface area contributed by atoms with Crippen molar-refractivity contribution in [3.05, 3.63) is 51.8 Å². The Bertz CT molecular complexity index is 508. The highest BCUT2D eigenvalue weighted by molar-refractivity contribution is 9.10. The summed E-state index contributed by atoms with van der Waals surface area (Å²) in [4.78, 5) is 7.85. The third kappa shape index (κ3) is 3.96. The van der Waals surface area contributed by atoms with E-state index < -0.39 is 0 Å². The molecular weight excluding hydrogens is 316 g/mol. The lowest BCUT2D eigenvalue weighted by Crippen LogP contribution is -2.02. The van der Waals surface area contributed by atoms with Crippen LogP contribution < -0.4 is 4.74 Å². The highest BCUT2D eigenvalue weighted by atomic mass is 79.9. The largest absolute Gasteiger partial charge is 0.477 e. The van der Waals surface area contributed by atoms with Crippen molar-refractivity contribution >= 4 is 27.5 Å². The first-order valence-corrected chi connectivity index (χ1v) is 6.77. The number of rotatable bonds is 5. The maximum atomic E-state index is 5.70. The molecule has 0 fully saturated rings. The minimum Gasteiger partial charge on any atom is -0.477 e. The van der Waals surface area contributed by atoms with Crippen LogP contribution in [0.4, 0.5) is 0 Å². The summed E-state index contributed by atoms with van der Waals surface area (Å²) in [5.41, 5.74) is 1.31. The summed E-state index contributed by atoms with van der Waals surface area (Å²) in [6, 6.07) is 10.3. The summed E-state index contributed by atoms with van der Waals surface area (Å²) in [5, 5.41) is 0.191. The van der Waals surface area contributed by atoms with Gasteiger partial charge in [0.15, 0.2) is 0 Å². The van der Waals surface area contributed by atoms with E-state index in [9.17, 15) is 0 Å². The van der Waals surface area contributed by atoms with Gasteiger partial charge in [-0.2, -0.15) is 4.98 Å². The monoisotopic (exact) mass is 326 g/mol. The second kappa shape index (κ2) is 6.71. The van der Waals surface area contributed by atoms with Gasteiger partial charge in [-0.05, 0) is 45.9 Å². The average Bonchev–Trinajstić information content (AvgIpc) is 2.40. The summed E-state index contributed by atoms with van der Waals surface area (Å²) < 4.78 is 6.27. The van der Waals surface area contributed by atoms with E-state index >= 15 is 0 Å². The van der Waals surface area contributed by atoms with Crippen LogP contribution in [-0.4, -0.2) is 16.6 Å². The Hall–Kier alpha value is -1.13. The lowest BCUT2D eigenvalue weighted by atomic mass is 10.1. The fraction of sp³-hybridized carbons (Fsp3) is 0.231. The van der Waals surface area contributed by atoms with Crippen molar-refractivity contribution in [2.45, 2.75) is 12.8 Å². The number of ether oxygens (including phenoxy) is 1. The van der Waals surface area contributed by atoms with Gasteiger partial charge >= 0.3 is 0 Å². The minimum atomic E-state index is 0.191. The lowest BCUT2D eigenvalue weighted by molar-refractivity contribution is 0.296. The van der Waals surface area contributed by atoms with Crippen molar-refractivity contribution in [3.63, 3.8) is 0 Å². The molecule has 0 aliphatic carbocycles. The van der Waals surface area contributed by atoms with Gasteiger partial charge in [-0.15, -0.1) is 0 Å². The van der Waals surface area contributed by atoms with Gasteiger partial charge in [0.05, 0.1) is 11.1 Å². The Labute approximate surface area is 119 Å². The van der Waals surface area contributed by atoms with Crippen LogP contribution in [0.1, 0.15) is 12.0 Å². The molecule has 0 saturated carbocycles. The SMILES string of the molecule is Clc1ncc(Br)c(OCCCc2ccccc2)n1. The van der Waals surface area contributed by atoms with Gasteiger partial charge in [0.1, 0.15) is 0 Å². The molecule has 0 aliphatic heterocycles. The number of benzene rings is 1. The van der Waals surface area contributed by atoms with E-state index in [0.29, 0.717) is 17.0 Å². The number of aryl methyl sites for hydroxylation is 1. The molecule has 94 valence electrons. The molecule has 1 aromatic heterocycles. The fourth-order valence-corrected chi connectivity index (χ4v) is 1.95. The minimum absolute atomic E-state index is 0.191. The molecule has 18 heavy (non-hydrogen) atoms. The molecule has 0 N–H and O–H groups in total. The molecule has 0 amide bonds. The molecule has 0 radical (unpaired) electrons. The molecule has 1 aromatic carbocycles. The van der Waals surface area contributed by atoms with Crippen LogP contribution in [-0.2, 0) is 6.42 Å². The fourth-order valence-electron chi connectivity index (χ4n) is 1.52. The molecule has 0 unspecified atom stereocenters. The Balaban J connectivity index is 1.80. The van der Waals surface area contributed by atoms with Gasteiger partial charge < -0.3 is 4.74 Å². The van der Waals surface area contributed by atoms with Crippen LogP contribution in [0.2, 0.25) is 5.28 Å². The number of halogens is 2. The van der Waals surface area contributed by atoms with E-state index in [1.165, 1.54) is 5.56 Å². The third-order valence-corrected chi connectivity index (χ3v) is 3.10. The second-order valence-electron chi connectivity index (χ2n) is 3.73. The highest BCUT2D eigenvalue weighted by Gasteiger charge is 2.04. The van der Waals surface area contributed by atoms with Crippen molar-refractivity contribution in [1.29, 1.82) is 0 Å². The van der Waals surface area contributed by atoms with Gasteiger partial charge in [0, 0.05) is 6.20 Å². The normalized spacial score (nSPS) is 10.3. The zero-order valence-corrected chi connectivity index (χ0v) is 12.0. The molecule has 0 atom stereocenters. The summed E-state index contributed by atoms with van der Waals surface area (Å²) in [5.74, 6) is 0.489. The van der Waals surface area contributed by atoms with Crippen molar-refractivity contribution in [2.75, 3.05) is 6.61 Å². The summed E-state index contributed by atoms with van der Waals surface area (Å²) in [6.07, 6.45) is 3.50. The molecular formula is C13H12BrClN2O. The van der Waals surface area contributed by atoms with Crippen LogP contribution in [0, 0.1) is 0 Å². The first-order chi connectivity index (χ1) is 8.75. The van der Waals surface area contributed by atoms with Crippen LogP contribution in [0.15, 0.2) is 41.0 Å². The molecule has 1 heterocycles. The molecule has 3 nitrogen and oxygen atoms in total. The van der Waals surface area contributed by atoms with Gasteiger partial charge in [0.2, 0.25) is 11.2 Å². The topological polar surface area (TPSA) is 35.0 Å². The van der Waals surface area contributed by atoms with Crippen LogP contribution in [0.25, 0.3) is 0 Å². The maximum absolute atomic E-state index is 5.70. The van der Waals surface area contributed by atoms with E-state index in [1.54, 1.807) is 6.20 Å². The van der Waals surface area contributed by atoms with Gasteiger partial charge in [-0.1, -0.05) is 30.3 Å². The number of hydrogen-bond acceptors (Lipinski definition) is 3. The van der Waals surface area contributed by atoms with Crippen molar-refractivity contribution in [2.24, 2.45) is 0 Å². The van der Waals surface area contributed by atoms with E-state index in [-0.39, 0.29) is 5.28 Å². The van der Waals surface area contributed by atoms with Gasteiger partial charge in [-0.25, -0.2) is 4.98 Å². The molecule has 5 heteroatoms. The van der Waals surface area contributed by atoms with Crippen molar-refractivity contribution in [3.8, 4) is 5.88 Å². The lowest BCUT2D eigenvalue weighted by Gasteiger charge is -2.06. The predicted octanol–water partition coefficient (Wildman–Crippen LogP) is 3.90. The molecule has 0 spiro atoms. The van der Waals surface area contributed by atoms with Crippen LogP contribution >= 0.6 is 27.5 Å². The van der Waals surface area contributed by atoms with Gasteiger partial charge in [0.25, 0.3) is 0 Å². The smallest absolute Gasteiger partial charge is 0.232 e. The average molecular weight is 328 g/mol. The van der Waals surface area contributed by atoms with E-state index in [0.717, 1.165) is 12.8 Å². The number of hydrogen-bond donors (Lipinski definition) is 0. The quantitative estimate of drug-likeness (QED) is 0.617. The zero-order chi connectivity index (χ0) is 12.8. The summed E-state index contributed by atoms with van der Waals surface area (Å²) >= 11 is 9.02. The molecule has 0 saturated heterocycles. The van der Waals surface area contributed by atoms with Gasteiger partial charge in [-0.3, -0.25) is 0 Å². The Morgan fingerprint density at radius 3 is 2.78 bits per heavy atom. The van der Waals surface area contributed by atoms with Crippen LogP contribution in [0.3, 0.4) is 0 Å². The highest BCUT2D eigenvalue weighted by Crippen LogP contribution is 2.22. The first-order valence-electron chi connectivity index (χ1n) is 5.60. The summed E-state index contributed by atoms with van der Waals surface area (Å²) in [7, 11) is 0. The number of nitrogens with zero attached hydrogens (tertiary/aromatic N) is 2. The van der Waals surface area contributed by atoms with E-state index in [2.05, 4.69) is 38.0 Å². The van der Waals surface area contributed by atoms with Crippen LogP contribution in [0.5, 0.6) is 5.88 Å². The van der Waals surface area contributed by atoms with E-state index in [1.807, 2.05) is 18.2 Å². The molecule has 0 bridgehead atoms. The Morgan fingerprint density at radius 1 is 1.22 bits per heavy atom. The molecule has 2 rings (SSSR count). The molecule has 0 aliphatic rings. The second-order valence-corrected chi connectivity index (χ2v) is 4.92. The number of aromatic nitrogens is 2. The standard InChI is InChI=1S/C13H12BrClN2O/c14-11-9-16-13(15)17-12(11)18-8-4-7-10-5-2-1-3-6-10/h1-3,5-6,9H,4,7-8H2. The maximum Gasteiger partial charge on any atom is 0.232 e. The van der Waals surface area contributed by atoms with Crippen molar-refractivity contribution in [1.82, 2.24) is 9.97 Å². The third-order valence-electron chi connectivity index (χ3n) is 2.37. The summed E-state index contributed by atoms with van der Waals surface area (Å²) in [6.45, 7) is 0.598. The predicted molar refractivity (Wildman–Crippen MR) is 75.0 cm³/mol. The first kappa shape index (κ1) is 13.3. The zero-order valence-electron chi connectivity index (χ0n) is 9.64. The Morgan fingerprint density at radius 2 is 2.00 bits per heavy atom. The Kier molecular flexibility index (Phi) is 4.96. The van der Waals surface area contributed by atoms with E-state index in [4.69, 9.17) is 16.3 Å². The van der Waals surface area contributed by atoms with Crippen molar-refractivity contribution < 1.29 is 4.74 Å². The molecule has 2 aromatic rings.